The van der Waals surface area contributed by atoms with Gasteiger partial charge >= 0.3 is 0 Å². The molecule has 1 saturated heterocycles. The Morgan fingerprint density at radius 2 is 1.82 bits per heavy atom. The van der Waals surface area contributed by atoms with Gasteiger partial charge < -0.3 is 10.2 Å². The van der Waals surface area contributed by atoms with Crippen molar-refractivity contribution in [1.82, 2.24) is 30.5 Å². The number of amides is 1. The molecule has 1 N–H and O–H groups in total. The Kier molecular flexibility index (Phi) is 5.75. The highest BCUT2D eigenvalue weighted by atomic mass is 19.1. The van der Waals surface area contributed by atoms with Gasteiger partial charge in [-0.15, -0.1) is 0 Å². The molecule has 9 heteroatoms. The zero-order chi connectivity index (χ0) is 22.6. The fraction of sp³-hybridized carbons (Fsp3) is 0.208. The molecule has 3 heterocycles. The molecule has 2 aromatic carbocycles. The Bertz CT molecular complexity index is 1240. The second kappa shape index (κ2) is 9.15. The van der Waals surface area contributed by atoms with E-state index in [2.05, 4.69) is 30.7 Å². The Morgan fingerprint density at radius 1 is 1.00 bits per heavy atom. The maximum Gasteiger partial charge on any atom is 0.253 e. The minimum Gasteiger partial charge on any atom is -0.349 e. The Morgan fingerprint density at radius 3 is 2.55 bits per heavy atom. The molecular formula is C24H22FN7O. The summed E-state index contributed by atoms with van der Waals surface area (Å²) >= 11 is 0. The van der Waals surface area contributed by atoms with Gasteiger partial charge in [0.2, 0.25) is 5.95 Å². The molecule has 1 aliphatic rings. The van der Waals surface area contributed by atoms with E-state index in [1.54, 1.807) is 28.9 Å². The van der Waals surface area contributed by atoms with Crippen molar-refractivity contribution in [3.8, 4) is 16.9 Å². The first-order chi connectivity index (χ1) is 16.2. The van der Waals surface area contributed by atoms with Crippen LogP contribution < -0.4 is 10.2 Å². The van der Waals surface area contributed by atoms with Crippen molar-refractivity contribution in [3.63, 3.8) is 0 Å². The number of carbonyl (C=O) groups excluding carboxylic acids is 1. The number of pyridine rings is 1. The van der Waals surface area contributed by atoms with Crippen LogP contribution in [0.1, 0.15) is 23.2 Å². The molecule has 1 aliphatic heterocycles. The van der Waals surface area contributed by atoms with Gasteiger partial charge in [-0.2, -0.15) is 4.68 Å². The van der Waals surface area contributed by atoms with E-state index in [9.17, 15) is 9.18 Å². The fourth-order valence-corrected chi connectivity index (χ4v) is 3.96. The van der Waals surface area contributed by atoms with Crippen molar-refractivity contribution in [2.75, 3.05) is 18.0 Å². The van der Waals surface area contributed by atoms with Crippen LogP contribution in [0.25, 0.3) is 16.9 Å². The van der Waals surface area contributed by atoms with E-state index in [4.69, 9.17) is 0 Å². The van der Waals surface area contributed by atoms with Crippen molar-refractivity contribution >= 4 is 11.9 Å². The molecule has 5 rings (SSSR count). The van der Waals surface area contributed by atoms with Gasteiger partial charge in [-0.25, -0.2) is 4.39 Å². The third-order valence-electron chi connectivity index (χ3n) is 5.71. The molecule has 0 spiro atoms. The molecule has 166 valence electrons. The van der Waals surface area contributed by atoms with Crippen molar-refractivity contribution in [2.24, 2.45) is 0 Å². The lowest BCUT2D eigenvalue weighted by molar-refractivity contribution is 0.0930. The van der Waals surface area contributed by atoms with Gasteiger partial charge in [0.05, 0.1) is 16.9 Å². The number of piperidine rings is 1. The lowest BCUT2D eigenvalue weighted by Crippen LogP contribution is -2.45. The van der Waals surface area contributed by atoms with Crippen molar-refractivity contribution < 1.29 is 9.18 Å². The number of tetrazole rings is 1. The van der Waals surface area contributed by atoms with Crippen LogP contribution in [0.2, 0.25) is 0 Å². The minimum absolute atomic E-state index is 0.0534. The minimum atomic E-state index is -0.319. The summed E-state index contributed by atoms with van der Waals surface area (Å²) in [5.41, 5.74) is 2.68. The van der Waals surface area contributed by atoms with Crippen LogP contribution >= 0.6 is 0 Å². The second-order valence-corrected chi connectivity index (χ2v) is 7.90. The van der Waals surface area contributed by atoms with E-state index < -0.39 is 0 Å². The summed E-state index contributed by atoms with van der Waals surface area (Å²) in [5, 5.41) is 15.2. The van der Waals surface area contributed by atoms with Crippen LogP contribution in [-0.4, -0.2) is 50.2 Å². The first kappa shape index (κ1) is 20.7. The summed E-state index contributed by atoms with van der Waals surface area (Å²) in [6, 6.07) is 19.5. The molecule has 1 amide bonds. The molecule has 0 bridgehead atoms. The number of anilines is 1. The number of benzene rings is 2. The monoisotopic (exact) mass is 443 g/mol. The molecule has 0 aliphatic carbocycles. The van der Waals surface area contributed by atoms with E-state index >= 15 is 0 Å². The third kappa shape index (κ3) is 4.57. The number of para-hydroxylation sites is 1. The first-order valence-electron chi connectivity index (χ1n) is 10.8. The number of nitrogens with one attached hydrogen (secondary N) is 1. The van der Waals surface area contributed by atoms with Crippen molar-refractivity contribution in [1.29, 1.82) is 0 Å². The van der Waals surface area contributed by atoms with E-state index in [-0.39, 0.29) is 17.8 Å². The van der Waals surface area contributed by atoms with Crippen LogP contribution in [0, 0.1) is 5.82 Å². The first-order valence-corrected chi connectivity index (χ1v) is 10.8. The van der Waals surface area contributed by atoms with Crippen molar-refractivity contribution in [3.05, 3.63) is 84.3 Å². The van der Waals surface area contributed by atoms with Crippen LogP contribution in [0.15, 0.2) is 72.9 Å². The Hall–Kier alpha value is -4.14. The summed E-state index contributed by atoms with van der Waals surface area (Å²) in [5.74, 6) is 0.212. The summed E-state index contributed by atoms with van der Waals surface area (Å²) in [6.07, 6.45) is 3.09. The summed E-state index contributed by atoms with van der Waals surface area (Å²) in [6.45, 7) is 1.46. The van der Waals surface area contributed by atoms with Gasteiger partial charge in [0.1, 0.15) is 5.82 Å². The van der Waals surface area contributed by atoms with Gasteiger partial charge in [0.15, 0.2) is 0 Å². The number of hydrogen-bond donors (Lipinski definition) is 1. The lowest BCUT2D eigenvalue weighted by atomic mass is 10.0. The Labute approximate surface area is 190 Å². The topological polar surface area (TPSA) is 88.8 Å². The quantitative estimate of drug-likeness (QED) is 0.509. The molecule has 33 heavy (non-hydrogen) atoms. The second-order valence-electron chi connectivity index (χ2n) is 7.90. The van der Waals surface area contributed by atoms with Gasteiger partial charge in [-0.05, 0) is 59.7 Å². The molecule has 2 aromatic heterocycles. The number of rotatable bonds is 5. The highest BCUT2D eigenvalue weighted by molar-refractivity contribution is 5.94. The normalized spacial score (nSPS) is 14.3. The average Bonchev–Trinajstić information content (AvgIpc) is 3.35. The molecule has 0 saturated carbocycles. The number of aromatic nitrogens is 5. The maximum atomic E-state index is 13.4. The zero-order valence-electron chi connectivity index (χ0n) is 17.8. The van der Waals surface area contributed by atoms with Crippen LogP contribution in [0.4, 0.5) is 10.3 Å². The predicted molar refractivity (Wildman–Crippen MR) is 121 cm³/mol. The average molecular weight is 443 g/mol. The number of hydrogen-bond acceptors (Lipinski definition) is 6. The van der Waals surface area contributed by atoms with Gasteiger partial charge in [0.25, 0.3) is 5.91 Å². The van der Waals surface area contributed by atoms with Crippen LogP contribution in [-0.2, 0) is 0 Å². The van der Waals surface area contributed by atoms with Gasteiger partial charge in [-0.1, -0.05) is 35.4 Å². The maximum absolute atomic E-state index is 13.4. The number of halogens is 1. The van der Waals surface area contributed by atoms with Gasteiger partial charge in [-0.3, -0.25) is 9.78 Å². The smallest absolute Gasteiger partial charge is 0.253 e. The highest BCUT2D eigenvalue weighted by Gasteiger charge is 2.25. The van der Waals surface area contributed by atoms with Crippen LogP contribution in [0.5, 0.6) is 0 Å². The molecule has 8 nitrogen and oxygen atoms in total. The largest absolute Gasteiger partial charge is 0.349 e. The molecule has 4 aromatic rings. The summed E-state index contributed by atoms with van der Waals surface area (Å²) in [4.78, 5) is 19.2. The van der Waals surface area contributed by atoms with Crippen molar-refractivity contribution in [2.45, 2.75) is 18.9 Å². The molecule has 1 fully saturated rings. The number of nitrogens with zero attached hydrogens (tertiary/aromatic N) is 6. The van der Waals surface area contributed by atoms with E-state index in [1.165, 1.54) is 18.3 Å². The number of carbonyl (C=O) groups is 1. The van der Waals surface area contributed by atoms with E-state index in [0.717, 1.165) is 31.6 Å². The fourth-order valence-electron chi connectivity index (χ4n) is 3.96. The molecular weight excluding hydrogens is 421 g/mol. The molecule has 0 atom stereocenters. The summed E-state index contributed by atoms with van der Waals surface area (Å²) in [7, 11) is 0. The molecule has 0 unspecified atom stereocenters. The highest BCUT2D eigenvalue weighted by Crippen LogP contribution is 2.21. The lowest BCUT2D eigenvalue weighted by Gasteiger charge is -2.32. The summed E-state index contributed by atoms with van der Waals surface area (Å²) < 4.78 is 15.2. The van der Waals surface area contributed by atoms with E-state index in [1.807, 2.05) is 30.3 Å². The van der Waals surface area contributed by atoms with E-state index in [0.29, 0.717) is 22.8 Å². The predicted octanol–water partition coefficient (Wildman–Crippen LogP) is 3.26. The standard InChI is InChI=1S/C24H22FN7O/c25-19-6-4-5-17(15-19)22-10-9-18(16-26-22)23(33)27-20-11-13-31(14-12-20)24-28-29-30-32(24)21-7-2-1-3-8-21/h1-10,15-16,20H,11-14H2,(H,27,33). The van der Waals surface area contributed by atoms with Gasteiger partial charge in [0, 0.05) is 30.9 Å². The SMILES string of the molecule is O=C(NC1CCN(c2nnnn2-c2ccccc2)CC1)c1ccc(-c2cccc(F)c2)nc1. The third-order valence-corrected chi connectivity index (χ3v) is 5.71. The van der Waals surface area contributed by atoms with Crippen LogP contribution in [0.3, 0.4) is 0 Å². The zero-order valence-corrected chi connectivity index (χ0v) is 17.8. The molecule has 0 radical (unpaired) electrons. The Balaban J connectivity index is 1.19.